The molecule has 0 spiro atoms. The third-order valence-electron chi connectivity index (χ3n) is 3.04. The molecular weight excluding hydrogens is 270 g/mol. The van der Waals surface area contributed by atoms with Crippen LogP contribution in [-0.4, -0.2) is 14.0 Å². The lowest BCUT2D eigenvalue weighted by Crippen LogP contribution is -2.42. The molecule has 0 saturated heterocycles. The van der Waals surface area contributed by atoms with Crippen LogP contribution in [0.15, 0.2) is 17.0 Å². The van der Waals surface area contributed by atoms with Gasteiger partial charge in [-0.15, -0.1) is 0 Å². The van der Waals surface area contributed by atoms with Gasteiger partial charge in [-0.1, -0.05) is 18.5 Å². The summed E-state index contributed by atoms with van der Waals surface area (Å²) >= 11 is 5.98. The molecule has 0 bridgehead atoms. The molecule has 0 amide bonds. The number of hydrogen-bond acceptors (Lipinski definition) is 2. The fraction of sp³-hybridized carbons (Fsp3) is 0.538. The van der Waals surface area contributed by atoms with Gasteiger partial charge in [-0.2, -0.15) is 0 Å². The standard InChI is InChI=1S/C13H20ClNO2S/c1-6-13(4,5)15-18(16,17)12-8-9(2)11(14)7-10(12)3/h7-8,15H,6H2,1-5H3. The molecule has 0 radical (unpaired) electrons. The fourth-order valence-electron chi connectivity index (χ4n) is 1.53. The predicted molar refractivity (Wildman–Crippen MR) is 75.6 cm³/mol. The summed E-state index contributed by atoms with van der Waals surface area (Å²) in [4.78, 5) is 0.297. The van der Waals surface area contributed by atoms with Gasteiger partial charge in [0.15, 0.2) is 0 Å². The minimum Gasteiger partial charge on any atom is -0.207 e. The van der Waals surface area contributed by atoms with Crippen molar-refractivity contribution in [2.45, 2.75) is 51.5 Å². The van der Waals surface area contributed by atoms with E-state index in [1.165, 1.54) is 0 Å². The van der Waals surface area contributed by atoms with E-state index in [4.69, 9.17) is 11.6 Å². The summed E-state index contributed by atoms with van der Waals surface area (Å²) in [7, 11) is -3.51. The second-order valence-electron chi connectivity index (χ2n) is 5.21. The van der Waals surface area contributed by atoms with E-state index < -0.39 is 15.6 Å². The van der Waals surface area contributed by atoms with Gasteiger partial charge in [0.05, 0.1) is 4.90 Å². The van der Waals surface area contributed by atoms with Crippen LogP contribution >= 0.6 is 11.6 Å². The third kappa shape index (κ3) is 3.46. The summed E-state index contributed by atoms with van der Waals surface area (Å²) in [5.74, 6) is 0. The second kappa shape index (κ2) is 5.19. The Kier molecular flexibility index (Phi) is 4.47. The molecule has 102 valence electrons. The minimum atomic E-state index is -3.51. The molecule has 0 saturated carbocycles. The number of rotatable bonds is 4. The van der Waals surface area contributed by atoms with Gasteiger partial charge in [-0.3, -0.25) is 0 Å². The zero-order chi connectivity index (χ0) is 14.1. The largest absolute Gasteiger partial charge is 0.241 e. The molecule has 5 heteroatoms. The molecule has 0 aliphatic carbocycles. The second-order valence-corrected chi connectivity index (χ2v) is 7.27. The van der Waals surface area contributed by atoms with E-state index in [0.29, 0.717) is 15.5 Å². The SMILES string of the molecule is CCC(C)(C)NS(=O)(=O)c1cc(C)c(Cl)cc1C. The summed E-state index contributed by atoms with van der Waals surface area (Å²) in [5.41, 5.74) is 0.959. The average molecular weight is 290 g/mol. The van der Waals surface area contributed by atoms with E-state index in [-0.39, 0.29) is 0 Å². The Morgan fingerprint density at radius 1 is 1.22 bits per heavy atom. The normalized spacial score (nSPS) is 12.8. The van der Waals surface area contributed by atoms with Crippen molar-refractivity contribution in [3.63, 3.8) is 0 Å². The number of nitrogens with one attached hydrogen (secondary N) is 1. The highest BCUT2D eigenvalue weighted by molar-refractivity contribution is 7.89. The Labute approximate surface area is 115 Å². The highest BCUT2D eigenvalue weighted by Gasteiger charge is 2.26. The van der Waals surface area contributed by atoms with Crippen LogP contribution in [0.25, 0.3) is 0 Å². The molecule has 18 heavy (non-hydrogen) atoms. The maximum absolute atomic E-state index is 12.3. The van der Waals surface area contributed by atoms with Crippen molar-refractivity contribution in [3.05, 3.63) is 28.3 Å². The molecule has 0 heterocycles. The van der Waals surface area contributed by atoms with Crippen molar-refractivity contribution >= 4 is 21.6 Å². The number of halogens is 1. The molecular formula is C13H20ClNO2S. The van der Waals surface area contributed by atoms with E-state index >= 15 is 0 Å². The van der Waals surface area contributed by atoms with Crippen LogP contribution in [0.2, 0.25) is 5.02 Å². The highest BCUT2D eigenvalue weighted by atomic mass is 35.5. The lowest BCUT2D eigenvalue weighted by atomic mass is 10.0. The van der Waals surface area contributed by atoms with Gasteiger partial charge >= 0.3 is 0 Å². The summed E-state index contributed by atoms with van der Waals surface area (Å²) in [6.07, 6.45) is 0.720. The van der Waals surface area contributed by atoms with Crippen LogP contribution in [0.4, 0.5) is 0 Å². The van der Waals surface area contributed by atoms with Crippen LogP contribution in [0.1, 0.15) is 38.3 Å². The van der Waals surface area contributed by atoms with Crippen LogP contribution in [0.3, 0.4) is 0 Å². The quantitative estimate of drug-likeness (QED) is 0.923. The molecule has 3 nitrogen and oxygen atoms in total. The lowest BCUT2D eigenvalue weighted by molar-refractivity contribution is 0.439. The van der Waals surface area contributed by atoms with Crippen molar-refractivity contribution in [1.29, 1.82) is 0 Å². The highest BCUT2D eigenvalue weighted by Crippen LogP contribution is 2.25. The van der Waals surface area contributed by atoms with Crippen molar-refractivity contribution in [3.8, 4) is 0 Å². The van der Waals surface area contributed by atoms with E-state index in [9.17, 15) is 8.42 Å². The first-order valence-electron chi connectivity index (χ1n) is 5.90. The minimum absolute atomic E-state index is 0.297. The van der Waals surface area contributed by atoms with Gasteiger partial charge in [-0.25, -0.2) is 13.1 Å². The fourth-order valence-corrected chi connectivity index (χ4v) is 3.55. The van der Waals surface area contributed by atoms with E-state index in [1.807, 2.05) is 20.8 Å². The van der Waals surface area contributed by atoms with Gasteiger partial charge in [0.1, 0.15) is 0 Å². The summed E-state index contributed by atoms with van der Waals surface area (Å²) in [6.45, 7) is 9.22. The first kappa shape index (κ1) is 15.5. The first-order chi connectivity index (χ1) is 8.09. The van der Waals surface area contributed by atoms with Gasteiger partial charge < -0.3 is 0 Å². The smallest absolute Gasteiger partial charge is 0.207 e. The Balaban J connectivity index is 3.26. The molecule has 0 atom stereocenters. The Morgan fingerprint density at radius 2 is 1.78 bits per heavy atom. The topological polar surface area (TPSA) is 46.2 Å². The molecule has 1 aromatic carbocycles. The van der Waals surface area contributed by atoms with Crippen LogP contribution < -0.4 is 4.72 Å². The van der Waals surface area contributed by atoms with Crippen molar-refractivity contribution in [2.24, 2.45) is 0 Å². The summed E-state index contributed by atoms with van der Waals surface area (Å²) in [6, 6.07) is 3.30. The van der Waals surface area contributed by atoms with Crippen molar-refractivity contribution < 1.29 is 8.42 Å². The monoisotopic (exact) mass is 289 g/mol. The zero-order valence-electron chi connectivity index (χ0n) is 11.5. The first-order valence-corrected chi connectivity index (χ1v) is 7.76. The van der Waals surface area contributed by atoms with Crippen LogP contribution in [-0.2, 0) is 10.0 Å². The molecule has 0 aromatic heterocycles. The number of benzene rings is 1. The third-order valence-corrected chi connectivity index (χ3v) is 5.29. The Bertz CT molecular complexity index is 550. The van der Waals surface area contributed by atoms with Crippen LogP contribution in [0.5, 0.6) is 0 Å². The lowest BCUT2D eigenvalue weighted by Gasteiger charge is -2.24. The molecule has 1 rings (SSSR count). The Morgan fingerprint density at radius 3 is 2.28 bits per heavy atom. The Hall–Kier alpha value is -0.580. The van der Waals surface area contributed by atoms with Gasteiger partial charge in [-0.05, 0) is 57.4 Å². The van der Waals surface area contributed by atoms with Gasteiger partial charge in [0, 0.05) is 10.6 Å². The van der Waals surface area contributed by atoms with Crippen molar-refractivity contribution in [1.82, 2.24) is 4.72 Å². The molecule has 1 N–H and O–H groups in total. The van der Waals surface area contributed by atoms with E-state index in [0.717, 1.165) is 12.0 Å². The molecule has 0 aliphatic heterocycles. The average Bonchev–Trinajstić information content (AvgIpc) is 2.21. The van der Waals surface area contributed by atoms with E-state index in [2.05, 4.69) is 4.72 Å². The molecule has 1 aromatic rings. The van der Waals surface area contributed by atoms with Crippen LogP contribution in [0, 0.1) is 13.8 Å². The van der Waals surface area contributed by atoms with Crippen molar-refractivity contribution in [2.75, 3.05) is 0 Å². The summed E-state index contributed by atoms with van der Waals surface area (Å²) < 4.78 is 27.4. The maximum atomic E-state index is 12.3. The predicted octanol–water partition coefficient (Wildman–Crippen LogP) is 3.42. The zero-order valence-corrected chi connectivity index (χ0v) is 13.0. The number of aryl methyl sites for hydroxylation is 2. The number of sulfonamides is 1. The van der Waals surface area contributed by atoms with E-state index in [1.54, 1.807) is 26.0 Å². The maximum Gasteiger partial charge on any atom is 0.241 e. The van der Waals surface area contributed by atoms with Gasteiger partial charge in [0.25, 0.3) is 0 Å². The summed E-state index contributed by atoms with van der Waals surface area (Å²) in [5, 5.41) is 0.584. The molecule has 0 aliphatic rings. The van der Waals surface area contributed by atoms with Gasteiger partial charge in [0.2, 0.25) is 10.0 Å². The number of hydrogen-bond donors (Lipinski definition) is 1. The molecule has 0 unspecified atom stereocenters. The molecule has 0 fully saturated rings.